The molecule has 0 saturated heterocycles. The highest BCUT2D eigenvalue weighted by molar-refractivity contribution is 6.17. The number of anilines is 2. The number of hydrogen-bond donors (Lipinski definition) is 0. The fourth-order valence-corrected chi connectivity index (χ4v) is 3.05. The molecule has 9 heteroatoms. The summed E-state index contributed by atoms with van der Waals surface area (Å²) in [6, 6.07) is 11.4. The number of carbonyl (C=O) groups excluding carboxylic acids is 2. The molecule has 3 rings (SSSR count). The van der Waals surface area contributed by atoms with Crippen molar-refractivity contribution in [1.29, 1.82) is 0 Å². The van der Waals surface area contributed by atoms with Gasteiger partial charge in [-0.2, -0.15) is 13.2 Å². The highest BCUT2D eigenvalue weighted by Crippen LogP contribution is 2.35. The summed E-state index contributed by atoms with van der Waals surface area (Å²) in [5, 5.41) is 0. The average Bonchev–Trinajstić information content (AvgIpc) is 2.75. The van der Waals surface area contributed by atoms with Crippen LogP contribution in [0.4, 0.5) is 24.5 Å². The van der Waals surface area contributed by atoms with Gasteiger partial charge in [0, 0.05) is 18.8 Å². The number of halogens is 4. The Morgan fingerprint density at radius 3 is 2.28 bits per heavy atom. The predicted octanol–water partition coefficient (Wildman–Crippen LogP) is 3.68. The van der Waals surface area contributed by atoms with Crippen LogP contribution < -0.4 is 9.80 Å². The minimum Gasteiger partial charge on any atom is -0.309 e. The lowest BCUT2D eigenvalue weighted by Crippen LogP contribution is -2.41. The Morgan fingerprint density at radius 1 is 1.03 bits per heavy atom. The van der Waals surface area contributed by atoms with Crippen molar-refractivity contribution in [3.8, 4) is 0 Å². The van der Waals surface area contributed by atoms with E-state index in [9.17, 15) is 22.8 Å². The monoisotopic (exact) mass is 427 g/mol. The summed E-state index contributed by atoms with van der Waals surface area (Å²) in [6.45, 7) is 0.526. The first-order chi connectivity index (χ1) is 13.2. The lowest BCUT2D eigenvalue weighted by Gasteiger charge is -2.24. The van der Waals surface area contributed by atoms with Crippen molar-refractivity contribution in [3.63, 3.8) is 0 Å². The molecule has 1 aliphatic rings. The highest BCUT2D eigenvalue weighted by Gasteiger charge is 2.36. The summed E-state index contributed by atoms with van der Waals surface area (Å²) in [5.41, 5.74) is -0.403. The largest absolute Gasteiger partial charge is 0.416 e. The van der Waals surface area contributed by atoms with E-state index in [0.29, 0.717) is 12.2 Å². The second-order valence-corrected chi connectivity index (χ2v) is 6.81. The molecule has 0 fully saturated rings. The summed E-state index contributed by atoms with van der Waals surface area (Å²) >= 11 is 0. The van der Waals surface area contributed by atoms with Gasteiger partial charge in [0.2, 0.25) is 5.91 Å². The topological polar surface area (TPSA) is 43.9 Å². The van der Waals surface area contributed by atoms with E-state index in [1.165, 1.54) is 15.9 Å². The van der Waals surface area contributed by atoms with E-state index in [2.05, 4.69) is 0 Å². The molecule has 29 heavy (non-hydrogen) atoms. The molecular weight excluding hydrogens is 407 g/mol. The van der Waals surface area contributed by atoms with E-state index >= 15 is 0 Å². The maximum absolute atomic E-state index is 13.2. The van der Waals surface area contributed by atoms with Crippen LogP contribution in [0.1, 0.15) is 15.9 Å². The Hall–Kier alpha value is -2.58. The maximum Gasteiger partial charge on any atom is 0.416 e. The van der Waals surface area contributed by atoms with Crippen molar-refractivity contribution in [2.45, 2.75) is 6.18 Å². The van der Waals surface area contributed by atoms with Crippen LogP contribution in [0.2, 0.25) is 0 Å². The molecule has 0 unspecified atom stereocenters. The van der Waals surface area contributed by atoms with Gasteiger partial charge >= 0.3 is 6.18 Å². The Kier molecular flexibility index (Phi) is 6.92. The van der Waals surface area contributed by atoms with Gasteiger partial charge in [-0.3, -0.25) is 14.5 Å². The third-order valence-electron chi connectivity index (χ3n) is 4.52. The standard InChI is InChI=1S/C20H20F3N3O2.ClH/c1-24(2)10-11-25-17-9-8-14(20(21,22)23)12-16(17)19(28)26(13-18(25)27)15-6-4-3-5-7-15;/h3-9,12H,10-11,13H2,1-2H3;1H. The summed E-state index contributed by atoms with van der Waals surface area (Å²) in [7, 11) is 3.66. The van der Waals surface area contributed by atoms with Gasteiger partial charge in [0.15, 0.2) is 0 Å². The molecule has 1 aliphatic heterocycles. The van der Waals surface area contributed by atoms with Gasteiger partial charge in [0.1, 0.15) is 6.54 Å². The summed E-state index contributed by atoms with van der Waals surface area (Å²) in [4.78, 5) is 30.5. The predicted molar refractivity (Wildman–Crippen MR) is 108 cm³/mol. The molecule has 0 radical (unpaired) electrons. The van der Waals surface area contributed by atoms with Crippen LogP contribution >= 0.6 is 12.4 Å². The Bertz CT molecular complexity index is 888. The van der Waals surface area contributed by atoms with Crippen LogP contribution in [0.5, 0.6) is 0 Å². The first-order valence-corrected chi connectivity index (χ1v) is 8.72. The number of benzene rings is 2. The number of carbonyl (C=O) groups is 2. The van der Waals surface area contributed by atoms with Crippen LogP contribution in [-0.2, 0) is 11.0 Å². The minimum absolute atomic E-state index is 0. The number of rotatable bonds is 4. The minimum atomic E-state index is -4.59. The van der Waals surface area contributed by atoms with Crippen LogP contribution in [0.3, 0.4) is 0 Å². The number of likely N-dealkylation sites (N-methyl/N-ethyl adjacent to an activating group) is 1. The lowest BCUT2D eigenvalue weighted by atomic mass is 10.1. The highest BCUT2D eigenvalue weighted by atomic mass is 35.5. The third-order valence-corrected chi connectivity index (χ3v) is 4.52. The van der Waals surface area contributed by atoms with E-state index in [-0.39, 0.29) is 42.7 Å². The third kappa shape index (κ3) is 4.89. The van der Waals surface area contributed by atoms with Gasteiger partial charge in [-0.25, -0.2) is 0 Å². The second-order valence-electron chi connectivity index (χ2n) is 6.81. The van der Waals surface area contributed by atoms with E-state index in [0.717, 1.165) is 12.1 Å². The number of para-hydroxylation sites is 1. The van der Waals surface area contributed by atoms with E-state index in [1.807, 2.05) is 19.0 Å². The molecule has 0 atom stereocenters. The van der Waals surface area contributed by atoms with Crippen molar-refractivity contribution in [3.05, 3.63) is 59.7 Å². The van der Waals surface area contributed by atoms with Gasteiger partial charge < -0.3 is 9.80 Å². The first kappa shape index (κ1) is 22.7. The molecule has 1 heterocycles. The fraction of sp³-hybridized carbons (Fsp3) is 0.300. The van der Waals surface area contributed by atoms with Crippen LogP contribution in [-0.4, -0.2) is 50.4 Å². The van der Waals surface area contributed by atoms with Gasteiger partial charge in [-0.1, -0.05) is 18.2 Å². The number of nitrogens with zero attached hydrogens (tertiary/aromatic N) is 3. The normalized spacial score (nSPS) is 14.6. The second kappa shape index (κ2) is 8.84. The van der Waals surface area contributed by atoms with Gasteiger partial charge in [0.25, 0.3) is 5.91 Å². The Labute approximate surface area is 173 Å². The zero-order valence-corrected chi connectivity index (χ0v) is 16.8. The van der Waals surface area contributed by atoms with E-state index < -0.39 is 17.6 Å². The molecule has 0 bridgehead atoms. The van der Waals surface area contributed by atoms with Crippen molar-refractivity contribution in [1.82, 2.24) is 4.90 Å². The molecule has 5 nitrogen and oxygen atoms in total. The van der Waals surface area contributed by atoms with Gasteiger partial charge in [-0.15, -0.1) is 12.4 Å². The van der Waals surface area contributed by atoms with E-state index in [1.54, 1.807) is 30.3 Å². The first-order valence-electron chi connectivity index (χ1n) is 8.72. The molecule has 2 amide bonds. The Morgan fingerprint density at radius 2 is 1.69 bits per heavy atom. The van der Waals surface area contributed by atoms with Crippen molar-refractivity contribution < 1.29 is 22.8 Å². The lowest BCUT2D eigenvalue weighted by molar-refractivity contribution is -0.137. The van der Waals surface area contributed by atoms with Crippen molar-refractivity contribution in [2.75, 3.05) is 43.5 Å². The smallest absolute Gasteiger partial charge is 0.309 e. The summed E-state index contributed by atoms with van der Waals surface area (Å²) in [5.74, 6) is -0.981. The maximum atomic E-state index is 13.2. The molecule has 0 saturated carbocycles. The number of fused-ring (bicyclic) bond motifs is 1. The SMILES string of the molecule is CN(C)CCN1C(=O)CN(c2ccccc2)C(=O)c2cc(C(F)(F)F)ccc21.Cl. The average molecular weight is 428 g/mol. The number of hydrogen-bond acceptors (Lipinski definition) is 3. The summed E-state index contributed by atoms with van der Waals surface area (Å²) in [6.07, 6.45) is -4.59. The van der Waals surface area contributed by atoms with Crippen molar-refractivity contribution in [2.24, 2.45) is 0 Å². The fourth-order valence-electron chi connectivity index (χ4n) is 3.05. The molecule has 2 aromatic carbocycles. The molecular formula is C20H21ClF3N3O2. The van der Waals surface area contributed by atoms with Crippen LogP contribution in [0.25, 0.3) is 0 Å². The van der Waals surface area contributed by atoms with Crippen LogP contribution in [0, 0.1) is 0 Å². The molecule has 0 N–H and O–H groups in total. The molecule has 0 spiro atoms. The quantitative estimate of drug-likeness (QED) is 0.747. The van der Waals surface area contributed by atoms with Crippen molar-refractivity contribution >= 4 is 35.6 Å². The zero-order chi connectivity index (χ0) is 20.5. The van der Waals surface area contributed by atoms with Crippen LogP contribution in [0.15, 0.2) is 48.5 Å². The number of alkyl halides is 3. The molecule has 0 aliphatic carbocycles. The van der Waals surface area contributed by atoms with Gasteiger partial charge in [-0.05, 0) is 44.4 Å². The zero-order valence-electron chi connectivity index (χ0n) is 15.9. The summed E-state index contributed by atoms with van der Waals surface area (Å²) < 4.78 is 39.7. The molecule has 156 valence electrons. The molecule has 2 aromatic rings. The van der Waals surface area contributed by atoms with Gasteiger partial charge in [0.05, 0.1) is 16.8 Å². The van der Waals surface area contributed by atoms with E-state index in [4.69, 9.17) is 0 Å². The number of amides is 2. The molecule has 0 aromatic heterocycles. The Balaban J connectivity index is 0.00000300.